The summed E-state index contributed by atoms with van der Waals surface area (Å²) in [5.74, 6) is -0.415. The molecular weight excluding hydrogens is 211 g/mol. The Balaban J connectivity index is 3.89. The molecule has 0 spiro atoms. The van der Waals surface area contributed by atoms with Gasteiger partial charge in [-0.2, -0.15) is 13.2 Å². The molecule has 1 unspecified atom stereocenters. The maximum absolute atomic E-state index is 11.9. The molecule has 0 rings (SSSR count). The second-order valence-corrected chi connectivity index (χ2v) is 3.48. The molecular formula is C9H16F3NO2. The monoisotopic (exact) mass is 227 g/mol. The molecule has 0 aliphatic carbocycles. The van der Waals surface area contributed by atoms with Crippen molar-refractivity contribution in [1.82, 2.24) is 4.90 Å². The van der Waals surface area contributed by atoms with E-state index in [0.717, 1.165) is 0 Å². The number of hydrogen-bond acceptors (Lipinski definition) is 3. The van der Waals surface area contributed by atoms with Crippen LogP contribution in [0.25, 0.3) is 0 Å². The molecule has 1 atom stereocenters. The maximum atomic E-state index is 11.9. The Labute approximate surface area is 87.2 Å². The maximum Gasteiger partial charge on any atom is 0.390 e. The number of esters is 1. The van der Waals surface area contributed by atoms with Gasteiger partial charge in [0, 0.05) is 12.6 Å². The summed E-state index contributed by atoms with van der Waals surface area (Å²) in [5.41, 5.74) is 0. The highest BCUT2D eigenvalue weighted by molar-refractivity contribution is 5.69. The van der Waals surface area contributed by atoms with E-state index in [4.69, 9.17) is 0 Å². The van der Waals surface area contributed by atoms with Gasteiger partial charge in [0.05, 0.1) is 20.0 Å². The van der Waals surface area contributed by atoms with Crippen molar-refractivity contribution in [1.29, 1.82) is 0 Å². The van der Waals surface area contributed by atoms with E-state index in [1.807, 2.05) is 0 Å². The Hall–Kier alpha value is -0.780. The quantitative estimate of drug-likeness (QED) is 0.671. The van der Waals surface area contributed by atoms with Crippen molar-refractivity contribution < 1.29 is 22.7 Å². The molecule has 0 bridgehead atoms. The standard InChI is InChI=1S/C9H16F3NO2/c1-7(6-8(14)15-3)13(2)5-4-9(10,11)12/h7H,4-6H2,1-3H3. The molecule has 90 valence electrons. The molecule has 0 saturated carbocycles. The molecule has 0 aromatic heterocycles. The van der Waals surface area contributed by atoms with Gasteiger partial charge in [-0.15, -0.1) is 0 Å². The van der Waals surface area contributed by atoms with Crippen LogP contribution in [0.3, 0.4) is 0 Å². The fourth-order valence-electron chi connectivity index (χ4n) is 1.00. The predicted molar refractivity (Wildman–Crippen MR) is 49.4 cm³/mol. The molecule has 0 aliphatic heterocycles. The molecule has 0 fully saturated rings. The Kier molecular flexibility index (Phi) is 5.64. The molecule has 15 heavy (non-hydrogen) atoms. The fraction of sp³-hybridized carbons (Fsp3) is 0.889. The van der Waals surface area contributed by atoms with Gasteiger partial charge in [0.25, 0.3) is 0 Å². The van der Waals surface area contributed by atoms with Crippen LogP contribution < -0.4 is 0 Å². The summed E-state index contributed by atoms with van der Waals surface area (Å²) in [6.45, 7) is 1.58. The fourth-order valence-corrected chi connectivity index (χ4v) is 1.00. The van der Waals surface area contributed by atoms with E-state index in [0.29, 0.717) is 0 Å². The highest BCUT2D eigenvalue weighted by Gasteiger charge is 2.28. The van der Waals surface area contributed by atoms with Crippen molar-refractivity contribution >= 4 is 5.97 Å². The van der Waals surface area contributed by atoms with Crippen molar-refractivity contribution in [3.63, 3.8) is 0 Å². The number of nitrogens with zero attached hydrogens (tertiary/aromatic N) is 1. The van der Waals surface area contributed by atoms with E-state index in [2.05, 4.69) is 4.74 Å². The summed E-state index contributed by atoms with van der Waals surface area (Å²) in [7, 11) is 2.81. The average Bonchev–Trinajstić information content (AvgIpc) is 2.12. The SMILES string of the molecule is COC(=O)CC(C)N(C)CCC(F)(F)F. The number of carbonyl (C=O) groups excluding carboxylic acids is 1. The van der Waals surface area contributed by atoms with Crippen molar-refractivity contribution in [2.75, 3.05) is 20.7 Å². The Morgan fingerprint density at radius 3 is 2.40 bits per heavy atom. The van der Waals surface area contributed by atoms with Gasteiger partial charge in [0.1, 0.15) is 0 Å². The predicted octanol–water partition coefficient (Wildman–Crippen LogP) is 1.82. The van der Waals surface area contributed by atoms with Gasteiger partial charge < -0.3 is 9.64 Å². The first-order valence-electron chi connectivity index (χ1n) is 4.60. The number of rotatable bonds is 5. The zero-order chi connectivity index (χ0) is 12.1. The van der Waals surface area contributed by atoms with Crippen LogP contribution >= 0.6 is 0 Å². The second kappa shape index (κ2) is 5.95. The third-order valence-corrected chi connectivity index (χ3v) is 2.19. The lowest BCUT2D eigenvalue weighted by atomic mass is 10.2. The first kappa shape index (κ1) is 14.2. The molecule has 0 aromatic rings. The molecule has 3 nitrogen and oxygen atoms in total. The topological polar surface area (TPSA) is 29.5 Å². The van der Waals surface area contributed by atoms with Crippen LogP contribution in [0.2, 0.25) is 0 Å². The lowest BCUT2D eigenvalue weighted by molar-refractivity contribution is -0.143. The van der Waals surface area contributed by atoms with E-state index >= 15 is 0 Å². The van der Waals surface area contributed by atoms with E-state index in [9.17, 15) is 18.0 Å². The van der Waals surface area contributed by atoms with E-state index in [1.165, 1.54) is 12.0 Å². The Morgan fingerprint density at radius 1 is 1.47 bits per heavy atom. The number of halogens is 3. The van der Waals surface area contributed by atoms with Gasteiger partial charge >= 0.3 is 12.1 Å². The van der Waals surface area contributed by atoms with E-state index < -0.39 is 18.6 Å². The third kappa shape index (κ3) is 7.18. The van der Waals surface area contributed by atoms with Gasteiger partial charge in [0.15, 0.2) is 0 Å². The van der Waals surface area contributed by atoms with Crippen LogP contribution in [0.4, 0.5) is 13.2 Å². The summed E-state index contributed by atoms with van der Waals surface area (Å²) in [6.07, 6.45) is -4.92. The zero-order valence-electron chi connectivity index (χ0n) is 9.10. The van der Waals surface area contributed by atoms with Gasteiger partial charge in [-0.3, -0.25) is 4.79 Å². The number of carbonyl (C=O) groups is 1. The molecule has 0 aliphatic rings. The molecule has 0 aromatic carbocycles. The number of methoxy groups -OCH3 is 1. The first-order chi connectivity index (χ1) is 6.76. The highest BCUT2D eigenvalue weighted by Crippen LogP contribution is 2.20. The molecule has 0 amide bonds. The van der Waals surface area contributed by atoms with Crippen molar-refractivity contribution in [3.8, 4) is 0 Å². The number of hydrogen-bond donors (Lipinski definition) is 0. The number of ether oxygens (including phenoxy) is 1. The van der Waals surface area contributed by atoms with Crippen LogP contribution in [-0.2, 0) is 9.53 Å². The lowest BCUT2D eigenvalue weighted by Crippen LogP contribution is -2.34. The summed E-state index contributed by atoms with van der Waals surface area (Å²) < 4.78 is 40.1. The molecule has 0 saturated heterocycles. The zero-order valence-corrected chi connectivity index (χ0v) is 9.10. The lowest BCUT2D eigenvalue weighted by Gasteiger charge is -2.24. The minimum absolute atomic E-state index is 0.102. The molecule has 0 radical (unpaired) electrons. The molecule has 6 heteroatoms. The minimum Gasteiger partial charge on any atom is -0.469 e. The van der Waals surface area contributed by atoms with Gasteiger partial charge in [-0.1, -0.05) is 0 Å². The molecule has 0 heterocycles. The average molecular weight is 227 g/mol. The van der Waals surface area contributed by atoms with Crippen molar-refractivity contribution in [2.45, 2.75) is 32.0 Å². The van der Waals surface area contributed by atoms with Crippen LogP contribution in [0.15, 0.2) is 0 Å². The smallest absolute Gasteiger partial charge is 0.390 e. The van der Waals surface area contributed by atoms with Crippen LogP contribution in [0.5, 0.6) is 0 Å². The van der Waals surface area contributed by atoms with Gasteiger partial charge in [-0.25, -0.2) is 0 Å². The van der Waals surface area contributed by atoms with Crippen LogP contribution in [0, 0.1) is 0 Å². The number of alkyl halides is 3. The second-order valence-electron chi connectivity index (χ2n) is 3.48. The summed E-state index contributed by atoms with van der Waals surface area (Å²) in [5, 5.41) is 0. The summed E-state index contributed by atoms with van der Waals surface area (Å²) in [4.78, 5) is 12.3. The summed E-state index contributed by atoms with van der Waals surface area (Å²) >= 11 is 0. The van der Waals surface area contributed by atoms with Crippen LogP contribution in [-0.4, -0.2) is 43.8 Å². The van der Waals surface area contributed by atoms with Crippen molar-refractivity contribution in [3.05, 3.63) is 0 Å². The normalized spacial score (nSPS) is 14.1. The minimum atomic E-state index is -4.15. The largest absolute Gasteiger partial charge is 0.469 e. The first-order valence-corrected chi connectivity index (χ1v) is 4.60. The summed E-state index contributed by atoms with van der Waals surface area (Å²) in [6, 6.07) is -0.250. The van der Waals surface area contributed by atoms with Crippen molar-refractivity contribution in [2.24, 2.45) is 0 Å². The van der Waals surface area contributed by atoms with E-state index in [1.54, 1.807) is 14.0 Å². The van der Waals surface area contributed by atoms with E-state index in [-0.39, 0.29) is 19.0 Å². The Morgan fingerprint density at radius 2 is 2.00 bits per heavy atom. The van der Waals surface area contributed by atoms with Crippen LogP contribution in [0.1, 0.15) is 19.8 Å². The third-order valence-electron chi connectivity index (χ3n) is 2.19. The Bertz CT molecular complexity index is 206. The highest BCUT2D eigenvalue weighted by atomic mass is 19.4. The van der Waals surface area contributed by atoms with Gasteiger partial charge in [-0.05, 0) is 14.0 Å². The van der Waals surface area contributed by atoms with Gasteiger partial charge in [0.2, 0.25) is 0 Å². The molecule has 0 N–H and O–H groups in total.